The molecule has 31 heavy (non-hydrogen) atoms. The van der Waals surface area contributed by atoms with Crippen molar-refractivity contribution in [3.8, 4) is 0 Å². The molecule has 0 saturated carbocycles. The van der Waals surface area contributed by atoms with Crippen LogP contribution >= 0.6 is 11.3 Å². The maximum absolute atomic E-state index is 12.2. The first kappa shape index (κ1) is 21.3. The Bertz CT molecular complexity index is 1010. The highest BCUT2D eigenvalue weighted by Crippen LogP contribution is 2.23. The molecule has 6 nitrogen and oxygen atoms in total. The maximum Gasteiger partial charge on any atom is 0.321 e. The maximum atomic E-state index is 12.2. The van der Waals surface area contributed by atoms with Crippen molar-refractivity contribution < 1.29 is 9.59 Å². The van der Waals surface area contributed by atoms with Crippen LogP contribution in [0.15, 0.2) is 48.5 Å². The third-order valence-corrected chi connectivity index (χ3v) is 6.54. The summed E-state index contributed by atoms with van der Waals surface area (Å²) in [5, 5.41) is 7.06. The zero-order chi connectivity index (χ0) is 21.5. The molecule has 2 N–H and O–H groups in total. The fourth-order valence-electron chi connectivity index (χ4n) is 3.76. The second-order valence-corrected chi connectivity index (χ2v) is 9.00. The molecule has 0 spiro atoms. The second-order valence-electron chi connectivity index (χ2n) is 7.88. The van der Waals surface area contributed by atoms with E-state index < -0.39 is 0 Å². The Morgan fingerprint density at radius 2 is 1.87 bits per heavy atom. The number of rotatable bonds is 8. The quantitative estimate of drug-likeness (QED) is 0.491. The van der Waals surface area contributed by atoms with Crippen LogP contribution in [0.5, 0.6) is 0 Å². The summed E-state index contributed by atoms with van der Waals surface area (Å²) < 4.78 is 1.22. The van der Waals surface area contributed by atoms with Crippen molar-refractivity contribution in [1.82, 2.24) is 15.2 Å². The van der Waals surface area contributed by atoms with Crippen molar-refractivity contribution in [2.45, 2.75) is 45.1 Å². The second kappa shape index (κ2) is 10.4. The lowest BCUT2D eigenvalue weighted by Gasteiger charge is -2.16. The molecule has 3 amide bonds. The van der Waals surface area contributed by atoms with E-state index in [-0.39, 0.29) is 11.9 Å². The average Bonchev–Trinajstić information content (AvgIpc) is 3.45. The molecule has 0 bridgehead atoms. The van der Waals surface area contributed by atoms with Gasteiger partial charge in [-0.2, -0.15) is 0 Å². The van der Waals surface area contributed by atoms with Gasteiger partial charge in [0.15, 0.2) is 0 Å². The Labute approximate surface area is 186 Å². The average molecular weight is 437 g/mol. The molecule has 1 saturated heterocycles. The van der Waals surface area contributed by atoms with Crippen LogP contribution in [0, 0.1) is 0 Å². The Morgan fingerprint density at radius 3 is 2.71 bits per heavy atom. The molecule has 0 radical (unpaired) electrons. The molecular formula is C24H28N4O2S. The number of anilines is 1. The normalized spacial score (nSPS) is 13.5. The minimum absolute atomic E-state index is 0.0492. The third kappa shape index (κ3) is 6.04. The molecule has 162 valence electrons. The minimum atomic E-state index is -0.0492. The first-order valence-electron chi connectivity index (χ1n) is 10.9. The zero-order valence-corrected chi connectivity index (χ0v) is 18.4. The number of likely N-dealkylation sites (tertiary alicyclic amines) is 1. The van der Waals surface area contributed by atoms with Gasteiger partial charge in [0, 0.05) is 31.7 Å². The Kier molecular flexibility index (Phi) is 7.14. The summed E-state index contributed by atoms with van der Waals surface area (Å²) in [5.41, 5.74) is 2.79. The molecule has 1 aliphatic rings. The number of thiazole rings is 1. The van der Waals surface area contributed by atoms with E-state index in [1.165, 1.54) is 4.70 Å². The summed E-state index contributed by atoms with van der Waals surface area (Å²) in [6.45, 7) is 2.10. The number of nitrogens with one attached hydrogen (secondary N) is 2. The van der Waals surface area contributed by atoms with Gasteiger partial charge in [0.2, 0.25) is 5.91 Å². The molecule has 1 aliphatic heterocycles. The van der Waals surface area contributed by atoms with Crippen molar-refractivity contribution in [2.75, 3.05) is 18.4 Å². The van der Waals surface area contributed by atoms with Gasteiger partial charge in [-0.25, -0.2) is 9.78 Å². The number of hydrogen-bond donors (Lipinski definition) is 2. The number of carbonyl (C=O) groups excluding carboxylic acids is 2. The van der Waals surface area contributed by atoms with Crippen molar-refractivity contribution in [2.24, 2.45) is 0 Å². The van der Waals surface area contributed by atoms with Gasteiger partial charge >= 0.3 is 6.03 Å². The fourth-order valence-corrected chi connectivity index (χ4v) is 4.77. The number of aryl methyl sites for hydroxylation is 1. The highest BCUT2D eigenvalue weighted by atomic mass is 32.1. The van der Waals surface area contributed by atoms with E-state index in [1.807, 2.05) is 47.4 Å². The van der Waals surface area contributed by atoms with Gasteiger partial charge in [0.25, 0.3) is 0 Å². The molecule has 3 aromatic rings. The van der Waals surface area contributed by atoms with Crippen LogP contribution in [0.2, 0.25) is 0 Å². The standard InChI is InChI=1S/C24H28N4O2S/c29-22(12-3-4-13-23-27-20-10-1-2-11-21(20)31-23)25-17-18-8-7-9-19(16-18)26-24(30)28-14-5-6-15-28/h1-2,7-11,16H,3-6,12-15,17H2,(H,25,29)(H,26,30). The number of hydrogen-bond acceptors (Lipinski definition) is 4. The lowest BCUT2D eigenvalue weighted by molar-refractivity contribution is -0.121. The molecule has 1 aromatic heterocycles. The van der Waals surface area contributed by atoms with Crippen molar-refractivity contribution in [1.29, 1.82) is 0 Å². The van der Waals surface area contributed by atoms with Crippen LogP contribution in [0.25, 0.3) is 10.2 Å². The van der Waals surface area contributed by atoms with E-state index in [4.69, 9.17) is 0 Å². The molecule has 0 unspecified atom stereocenters. The molecule has 4 rings (SSSR count). The van der Waals surface area contributed by atoms with Crippen LogP contribution in [0.1, 0.15) is 42.7 Å². The Morgan fingerprint density at radius 1 is 1.03 bits per heavy atom. The van der Waals surface area contributed by atoms with Gasteiger partial charge in [0.1, 0.15) is 0 Å². The van der Waals surface area contributed by atoms with Gasteiger partial charge in [0.05, 0.1) is 15.2 Å². The first-order valence-corrected chi connectivity index (χ1v) is 11.7. The molecule has 7 heteroatoms. The molecule has 2 aromatic carbocycles. The summed E-state index contributed by atoms with van der Waals surface area (Å²) in [7, 11) is 0. The summed E-state index contributed by atoms with van der Waals surface area (Å²) in [5.74, 6) is 0.0517. The number of nitrogens with zero attached hydrogens (tertiary/aromatic N) is 2. The third-order valence-electron chi connectivity index (χ3n) is 5.44. The number of urea groups is 1. The number of para-hydroxylation sites is 1. The predicted octanol–water partition coefficient (Wildman–Crippen LogP) is 4.95. The highest BCUT2D eigenvalue weighted by molar-refractivity contribution is 7.18. The van der Waals surface area contributed by atoms with Crippen LogP contribution < -0.4 is 10.6 Å². The fraction of sp³-hybridized carbons (Fsp3) is 0.375. The lowest BCUT2D eigenvalue weighted by atomic mass is 10.1. The topological polar surface area (TPSA) is 74.3 Å². The van der Waals surface area contributed by atoms with E-state index in [9.17, 15) is 9.59 Å². The van der Waals surface area contributed by atoms with Crippen LogP contribution in [-0.4, -0.2) is 34.9 Å². The van der Waals surface area contributed by atoms with Crippen molar-refractivity contribution in [3.63, 3.8) is 0 Å². The van der Waals surface area contributed by atoms with Crippen LogP contribution in [0.3, 0.4) is 0 Å². The summed E-state index contributed by atoms with van der Waals surface area (Å²) in [6, 6.07) is 15.8. The van der Waals surface area contributed by atoms with Crippen molar-refractivity contribution in [3.05, 3.63) is 59.1 Å². The van der Waals surface area contributed by atoms with E-state index in [2.05, 4.69) is 21.7 Å². The van der Waals surface area contributed by atoms with Gasteiger partial charge in [-0.05, 0) is 61.9 Å². The predicted molar refractivity (Wildman–Crippen MR) is 125 cm³/mol. The van der Waals surface area contributed by atoms with Gasteiger partial charge < -0.3 is 15.5 Å². The molecule has 0 aliphatic carbocycles. The first-order chi connectivity index (χ1) is 15.2. The van der Waals surface area contributed by atoms with E-state index in [0.29, 0.717) is 13.0 Å². The zero-order valence-electron chi connectivity index (χ0n) is 17.6. The number of carbonyl (C=O) groups is 2. The molecular weight excluding hydrogens is 408 g/mol. The van der Waals surface area contributed by atoms with E-state index in [1.54, 1.807) is 11.3 Å². The Hall–Kier alpha value is -2.93. The molecule has 1 fully saturated rings. The summed E-state index contributed by atoms with van der Waals surface area (Å²) in [4.78, 5) is 30.9. The Balaban J connectivity index is 1.17. The number of unbranched alkanes of at least 4 members (excludes halogenated alkanes) is 1. The summed E-state index contributed by atoms with van der Waals surface area (Å²) >= 11 is 1.73. The smallest absolute Gasteiger partial charge is 0.321 e. The molecule has 0 atom stereocenters. The lowest BCUT2D eigenvalue weighted by Crippen LogP contribution is -2.32. The van der Waals surface area contributed by atoms with Gasteiger partial charge in [-0.1, -0.05) is 24.3 Å². The van der Waals surface area contributed by atoms with Crippen LogP contribution in [0.4, 0.5) is 10.5 Å². The monoisotopic (exact) mass is 436 g/mol. The number of fused-ring (bicyclic) bond motifs is 1. The largest absolute Gasteiger partial charge is 0.352 e. The van der Waals surface area contributed by atoms with E-state index in [0.717, 1.165) is 67.0 Å². The van der Waals surface area contributed by atoms with Gasteiger partial charge in [-0.15, -0.1) is 11.3 Å². The number of benzene rings is 2. The van der Waals surface area contributed by atoms with Crippen LogP contribution in [-0.2, 0) is 17.8 Å². The van der Waals surface area contributed by atoms with E-state index >= 15 is 0 Å². The van der Waals surface area contributed by atoms with Gasteiger partial charge in [-0.3, -0.25) is 4.79 Å². The number of aromatic nitrogens is 1. The SMILES string of the molecule is O=C(CCCCc1nc2ccccc2s1)NCc1cccc(NC(=O)N2CCCC2)c1. The van der Waals surface area contributed by atoms with Crippen molar-refractivity contribution >= 4 is 39.2 Å². The minimum Gasteiger partial charge on any atom is -0.352 e. The highest BCUT2D eigenvalue weighted by Gasteiger charge is 2.17. The summed E-state index contributed by atoms with van der Waals surface area (Å²) in [6.07, 6.45) is 5.35. The number of amides is 3. The molecule has 2 heterocycles.